The average molecular weight is 355 g/mol. The minimum absolute atomic E-state index is 0.0322. The summed E-state index contributed by atoms with van der Waals surface area (Å²) in [6.07, 6.45) is 0.636. The Labute approximate surface area is 135 Å². The minimum Gasteiger partial charge on any atom is -0.302 e. The maximum Gasteiger partial charge on any atom is 0.270 e. The number of non-ortho nitro benzene ring substituents is 1. The lowest BCUT2D eigenvalue weighted by atomic mass is 10.1. The Kier molecular flexibility index (Phi) is 4.02. The largest absolute Gasteiger partial charge is 0.302 e. The number of benzene rings is 1. The smallest absolute Gasteiger partial charge is 0.270 e. The summed E-state index contributed by atoms with van der Waals surface area (Å²) >= 11 is 1.15. The molecule has 1 fully saturated rings. The number of hydrogen-bond acceptors (Lipinski definition) is 7. The van der Waals surface area contributed by atoms with Crippen LogP contribution in [0.4, 0.5) is 10.8 Å². The normalized spacial score (nSPS) is 19.7. The van der Waals surface area contributed by atoms with E-state index in [9.17, 15) is 23.3 Å². The van der Waals surface area contributed by atoms with Crippen LogP contribution in [0.1, 0.15) is 12.8 Å². The number of hydrogen-bond donors (Lipinski definition) is 1. The zero-order chi connectivity index (χ0) is 16.6. The Bertz CT molecular complexity index is 890. The van der Waals surface area contributed by atoms with Crippen LogP contribution in [0.5, 0.6) is 0 Å². The number of carbonyl (C=O) groups excluding carboxylic acids is 1. The van der Waals surface area contributed by atoms with E-state index in [4.69, 9.17) is 0 Å². The number of carbonyl (C=O) groups is 1. The quantitative estimate of drug-likeness (QED) is 0.661. The summed E-state index contributed by atoms with van der Waals surface area (Å²) in [5.74, 6) is -0.265. The predicted octanol–water partition coefficient (Wildman–Crippen LogP) is 1.97. The number of rotatable bonds is 4. The Morgan fingerprint density at radius 2 is 2.26 bits per heavy atom. The first-order valence-electron chi connectivity index (χ1n) is 6.88. The Morgan fingerprint density at radius 1 is 1.48 bits per heavy atom. The van der Waals surface area contributed by atoms with Crippen molar-refractivity contribution in [2.45, 2.75) is 12.8 Å². The maximum atomic E-state index is 12.0. The summed E-state index contributed by atoms with van der Waals surface area (Å²) < 4.78 is 23.4. The van der Waals surface area contributed by atoms with Crippen molar-refractivity contribution in [1.82, 2.24) is 4.98 Å². The van der Waals surface area contributed by atoms with Gasteiger partial charge in [0.2, 0.25) is 5.91 Å². The van der Waals surface area contributed by atoms with Gasteiger partial charge >= 0.3 is 0 Å². The molecule has 1 aliphatic heterocycles. The number of nitro benzene ring substituents is 1. The molecule has 122 valence electrons. The molecule has 0 saturated carbocycles. The number of amides is 1. The van der Waals surface area contributed by atoms with E-state index in [1.165, 1.54) is 18.2 Å². The number of anilines is 1. The van der Waals surface area contributed by atoms with Crippen LogP contribution in [-0.4, -0.2) is 35.7 Å². The molecule has 1 amide bonds. The zero-order valence-corrected chi connectivity index (χ0v) is 13.5. The summed E-state index contributed by atoms with van der Waals surface area (Å²) in [6, 6.07) is 4.30. The highest BCUT2D eigenvalue weighted by molar-refractivity contribution is 7.91. The first-order chi connectivity index (χ1) is 10.8. The van der Waals surface area contributed by atoms with Crippen LogP contribution < -0.4 is 5.32 Å². The van der Waals surface area contributed by atoms with Crippen molar-refractivity contribution in [3.8, 4) is 0 Å². The number of nitrogens with zero attached hydrogens (tertiary/aromatic N) is 2. The highest BCUT2D eigenvalue weighted by Crippen LogP contribution is 2.29. The first-order valence-corrected chi connectivity index (χ1v) is 9.51. The number of fused-ring (bicyclic) bond motifs is 1. The summed E-state index contributed by atoms with van der Waals surface area (Å²) in [7, 11) is -3.00. The van der Waals surface area contributed by atoms with Gasteiger partial charge in [-0.15, -0.1) is 0 Å². The van der Waals surface area contributed by atoms with Crippen molar-refractivity contribution in [3.63, 3.8) is 0 Å². The molecule has 1 aliphatic rings. The monoisotopic (exact) mass is 355 g/mol. The van der Waals surface area contributed by atoms with E-state index in [1.54, 1.807) is 0 Å². The van der Waals surface area contributed by atoms with Crippen LogP contribution in [0.15, 0.2) is 18.2 Å². The second-order valence-electron chi connectivity index (χ2n) is 5.45. The second-order valence-corrected chi connectivity index (χ2v) is 8.71. The lowest BCUT2D eigenvalue weighted by Gasteiger charge is -2.06. The molecule has 10 heteroatoms. The topological polar surface area (TPSA) is 119 Å². The summed E-state index contributed by atoms with van der Waals surface area (Å²) in [6.45, 7) is 0. The van der Waals surface area contributed by atoms with Crippen LogP contribution in [0.3, 0.4) is 0 Å². The lowest BCUT2D eigenvalue weighted by molar-refractivity contribution is -0.384. The lowest BCUT2D eigenvalue weighted by Crippen LogP contribution is -2.17. The van der Waals surface area contributed by atoms with Gasteiger partial charge < -0.3 is 5.32 Å². The molecule has 8 nitrogen and oxygen atoms in total. The van der Waals surface area contributed by atoms with Crippen molar-refractivity contribution >= 4 is 48.1 Å². The number of nitrogens with one attached hydrogen (secondary N) is 1. The molecule has 23 heavy (non-hydrogen) atoms. The van der Waals surface area contributed by atoms with E-state index in [-0.39, 0.29) is 35.4 Å². The molecule has 1 N–H and O–H groups in total. The van der Waals surface area contributed by atoms with E-state index in [0.29, 0.717) is 21.8 Å². The zero-order valence-electron chi connectivity index (χ0n) is 11.9. The third-order valence-corrected chi connectivity index (χ3v) is 6.40. The minimum atomic E-state index is -3.00. The van der Waals surface area contributed by atoms with Crippen molar-refractivity contribution in [2.24, 2.45) is 5.92 Å². The third-order valence-electron chi connectivity index (χ3n) is 3.63. The molecule has 0 spiro atoms. The third kappa shape index (κ3) is 3.64. The molecule has 0 aliphatic carbocycles. The fourth-order valence-corrected chi connectivity index (χ4v) is 5.32. The summed E-state index contributed by atoms with van der Waals surface area (Å²) in [5, 5.41) is 13.7. The standard InChI is InChI=1S/C13H13N3O5S2/c17-12(5-8-3-4-23(20,21)7-8)15-13-14-10-2-1-9(16(18)19)6-11(10)22-13/h1-2,6,8H,3-5,7H2,(H,14,15,17). The van der Waals surface area contributed by atoms with Crippen molar-refractivity contribution in [3.05, 3.63) is 28.3 Å². The average Bonchev–Trinajstić information content (AvgIpc) is 2.99. The Morgan fingerprint density at radius 3 is 2.91 bits per heavy atom. The van der Waals surface area contributed by atoms with Gasteiger partial charge in [0.1, 0.15) is 0 Å². The van der Waals surface area contributed by atoms with Crippen LogP contribution in [-0.2, 0) is 14.6 Å². The number of thiazole rings is 1. The molecule has 1 aromatic carbocycles. The fourth-order valence-electron chi connectivity index (χ4n) is 2.55. The Hall–Kier alpha value is -2.07. The summed E-state index contributed by atoms with van der Waals surface area (Å²) in [4.78, 5) is 26.4. The molecular formula is C13H13N3O5S2. The van der Waals surface area contributed by atoms with E-state index < -0.39 is 14.8 Å². The van der Waals surface area contributed by atoms with Crippen LogP contribution in [0.25, 0.3) is 10.2 Å². The van der Waals surface area contributed by atoms with Crippen LogP contribution >= 0.6 is 11.3 Å². The number of sulfone groups is 1. The molecule has 2 heterocycles. The molecule has 2 aromatic rings. The van der Waals surface area contributed by atoms with E-state index in [1.807, 2.05) is 0 Å². The number of aromatic nitrogens is 1. The molecular weight excluding hydrogens is 342 g/mol. The second kappa shape index (κ2) is 5.85. The molecule has 1 unspecified atom stereocenters. The van der Waals surface area contributed by atoms with Gasteiger partial charge in [-0.05, 0) is 18.4 Å². The van der Waals surface area contributed by atoms with Crippen LogP contribution in [0.2, 0.25) is 0 Å². The van der Waals surface area contributed by atoms with Crippen molar-refractivity contribution < 1.29 is 18.1 Å². The van der Waals surface area contributed by atoms with Crippen molar-refractivity contribution in [2.75, 3.05) is 16.8 Å². The molecule has 0 radical (unpaired) electrons. The molecule has 3 rings (SSSR count). The van der Waals surface area contributed by atoms with Gasteiger partial charge in [0.25, 0.3) is 5.69 Å². The van der Waals surface area contributed by atoms with Gasteiger partial charge in [-0.25, -0.2) is 13.4 Å². The number of nitro groups is 1. The van der Waals surface area contributed by atoms with E-state index in [0.717, 1.165) is 11.3 Å². The maximum absolute atomic E-state index is 12.0. The van der Waals surface area contributed by atoms with Gasteiger partial charge in [0, 0.05) is 18.6 Å². The molecule has 1 saturated heterocycles. The molecule has 1 aromatic heterocycles. The van der Waals surface area contributed by atoms with Crippen molar-refractivity contribution in [1.29, 1.82) is 0 Å². The van der Waals surface area contributed by atoms with E-state index in [2.05, 4.69) is 10.3 Å². The van der Waals surface area contributed by atoms with E-state index >= 15 is 0 Å². The fraction of sp³-hybridized carbons (Fsp3) is 0.385. The summed E-state index contributed by atoms with van der Waals surface area (Å²) in [5.41, 5.74) is 0.537. The van der Waals surface area contributed by atoms with Gasteiger partial charge in [-0.1, -0.05) is 11.3 Å². The van der Waals surface area contributed by atoms with Crippen LogP contribution in [0, 0.1) is 16.0 Å². The highest BCUT2D eigenvalue weighted by atomic mass is 32.2. The molecule has 0 bridgehead atoms. The van der Waals surface area contributed by atoms with Gasteiger partial charge in [0.15, 0.2) is 15.0 Å². The van der Waals surface area contributed by atoms with Gasteiger partial charge in [0.05, 0.1) is 26.6 Å². The molecule has 1 atom stereocenters. The van der Waals surface area contributed by atoms with Gasteiger partial charge in [-0.3, -0.25) is 14.9 Å². The highest BCUT2D eigenvalue weighted by Gasteiger charge is 2.29. The Balaban J connectivity index is 1.69. The SMILES string of the molecule is O=C(CC1CCS(=O)(=O)C1)Nc1nc2ccc([N+](=O)[O-])cc2s1. The predicted molar refractivity (Wildman–Crippen MR) is 86.3 cm³/mol. The first kappa shape index (κ1) is 15.8. The van der Waals surface area contributed by atoms with Gasteiger partial charge in [-0.2, -0.15) is 0 Å².